The van der Waals surface area contributed by atoms with Crippen LogP contribution >= 0.6 is 0 Å². The summed E-state index contributed by atoms with van der Waals surface area (Å²) in [5.41, 5.74) is 5.16. The first-order valence-electron chi connectivity index (χ1n) is 5.01. The van der Waals surface area contributed by atoms with Crippen molar-refractivity contribution in [1.82, 2.24) is 5.32 Å². The third kappa shape index (κ3) is 29.3. The quantitative estimate of drug-likeness (QED) is 0.405. The maximum atomic E-state index is 10.2. The highest BCUT2D eigenvalue weighted by atomic mass is 16.5. The molecule has 0 rings (SSSR count). The van der Waals surface area contributed by atoms with E-state index in [-0.39, 0.29) is 26.4 Å². The molecule has 1 amide bonds. The lowest BCUT2D eigenvalue weighted by Crippen LogP contribution is -2.22. The minimum absolute atomic E-state index is 0. The van der Waals surface area contributed by atoms with Gasteiger partial charge in [-0.2, -0.15) is 0 Å². The zero-order valence-corrected chi connectivity index (χ0v) is 10.6. The van der Waals surface area contributed by atoms with Gasteiger partial charge in [0.1, 0.15) is 0 Å². The second-order valence-corrected chi connectivity index (χ2v) is 3.28. The molecule has 0 atom stereocenters. The molecule has 6 heteroatoms. The van der Waals surface area contributed by atoms with Crippen molar-refractivity contribution in [1.29, 1.82) is 0 Å². The van der Waals surface area contributed by atoms with E-state index in [0.29, 0.717) is 13.1 Å². The summed E-state index contributed by atoms with van der Waals surface area (Å²) in [4.78, 5) is 20.2. The monoisotopic (exact) mass is 229 g/mol. The molecule has 0 aliphatic carbocycles. The number of hydrogen-bond donors (Lipinski definition) is 2. The van der Waals surface area contributed by atoms with E-state index in [0.717, 1.165) is 6.42 Å². The Morgan fingerprint density at radius 2 is 1.81 bits per heavy atom. The molecule has 0 aromatic carbocycles. The van der Waals surface area contributed by atoms with E-state index in [9.17, 15) is 9.59 Å². The van der Waals surface area contributed by atoms with E-state index >= 15 is 0 Å². The third-order valence-corrected chi connectivity index (χ3v) is 1.16. The van der Waals surface area contributed by atoms with Crippen LogP contribution in [0.15, 0.2) is 0 Å². The highest BCUT2D eigenvalue weighted by molar-refractivity contribution is 5.75. The van der Waals surface area contributed by atoms with Gasteiger partial charge in [0, 0.05) is 28.8 Å². The van der Waals surface area contributed by atoms with Crippen LogP contribution in [0.5, 0.6) is 0 Å². The van der Waals surface area contributed by atoms with Crippen molar-refractivity contribution in [2.75, 3.05) is 13.1 Å². The molecule has 0 spiro atoms. The SMILES string of the molecule is CC(=O)NCCCN.CC(=O)OC(C)C.[B]. The van der Waals surface area contributed by atoms with Crippen LogP contribution in [0.1, 0.15) is 34.1 Å². The Hall–Kier alpha value is -1.04. The Bertz CT molecular complexity index is 187. The maximum Gasteiger partial charge on any atom is 0.302 e. The van der Waals surface area contributed by atoms with Crippen molar-refractivity contribution in [2.24, 2.45) is 5.73 Å². The standard InChI is InChI=1S/C5H12N2O.C5H10O2.B/c1-5(8)7-4-2-3-6;1-4(2)7-5(3)6;/h2-4,6H2,1H3,(H,7,8);4H,1-3H3;. The van der Waals surface area contributed by atoms with E-state index in [1.165, 1.54) is 13.8 Å². The van der Waals surface area contributed by atoms with Crippen molar-refractivity contribution >= 4 is 20.3 Å². The molecule has 0 saturated heterocycles. The van der Waals surface area contributed by atoms with Gasteiger partial charge in [-0.05, 0) is 26.8 Å². The molecule has 0 aliphatic heterocycles. The lowest BCUT2D eigenvalue weighted by atomic mass is 10.4. The minimum atomic E-state index is -0.213. The van der Waals surface area contributed by atoms with Gasteiger partial charge in [0.15, 0.2) is 0 Å². The molecule has 0 aromatic rings. The van der Waals surface area contributed by atoms with Crippen LogP contribution < -0.4 is 11.1 Å². The minimum Gasteiger partial charge on any atom is -0.463 e. The molecular formula is C10H22BN2O3. The lowest BCUT2D eigenvalue weighted by molar-refractivity contribution is -0.144. The predicted octanol–water partition coefficient (Wildman–Crippen LogP) is 0.0484. The average molecular weight is 229 g/mol. The molecule has 5 nitrogen and oxygen atoms in total. The number of carbonyl (C=O) groups excluding carboxylic acids is 2. The lowest BCUT2D eigenvalue weighted by Gasteiger charge is -2.01. The molecule has 0 bridgehead atoms. The number of nitrogens with one attached hydrogen (secondary N) is 1. The molecule has 0 unspecified atom stereocenters. The van der Waals surface area contributed by atoms with Crippen molar-refractivity contribution < 1.29 is 14.3 Å². The molecule has 93 valence electrons. The molecule has 3 radical (unpaired) electrons. The fraction of sp³-hybridized carbons (Fsp3) is 0.800. The largest absolute Gasteiger partial charge is 0.463 e. The summed E-state index contributed by atoms with van der Waals surface area (Å²) >= 11 is 0. The Morgan fingerprint density at radius 3 is 2.00 bits per heavy atom. The maximum absolute atomic E-state index is 10.2. The van der Waals surface area contributed by atoms with Gasteiger partial charge in [0.25, 0.3) is 0 Å². The Morgan fingerprint density at radius 1 is 1.31 bits per heavy atom. The first-order chi connectivity index (χ1) is 6.90. The summed E-state index contributed by atoms with van der Waals surface area (Å²) in [6.45, 7) is 7.88. The van der Waals surface area contributed by atoms with Crippen LogP contribution in [-0.4, -0.2) is 39.5 Å². The Labute approximate surface area is 99.7 Å². The van der Waals surface area contributed by atoms with Crippen LogP contribution in [0.25, 0.3) is 0 Å². The van der Waals surface area contributed by atoms with Crippen LogP contribution in [-0.2, 0) is 14.3 Å². The number of amides is 1. The third-order valence-electron chi connectivity index (χ3n) is 1.16. The zero-order chi connectivity index (χ0) is 12.3. The molecule has 3 N–H and O–H groups in total. The van der Waals surface area contributed by atoms with Gasteiger partial charge in [-0.25, -0.2) is 0 Å². The van der Waals surface area contributed by atoms with E-state index in [4.69, 9.17) is 5.73 Å². The number of carbonyl (C=O) groups is 2. The zero-order valence-electron chi connectivity index (χ0n) is 10.6. The number of nitrogens with two attached hydrogens (primary N) is 1. The first-order valence-corrected chi connectivity index (χ1v) is 5.01. The van der Waals surface area contributed by atoms with E-state index in [1.807, 2.05) is 13.8 Å². The van der Waals surface area contributed by atoms with Crippen LogP contribution in [0, 0.1) is 0 Å². The van der Waals surface area contributed by atoms with Crippen LogP contribution in [0.3, 0.4) is 0 Å². The predicted molar refractivity (Wildman–Crippen MR) is 65.0 cm³/mol. The van der Waals surface area contributed by atoms with E-state index in [2.05, 4.69) is 10.1 Å². The molecule has 0 fully saturated rings. The van der Waals surface area contributed by atoms with Crippen molar-refractivity contribution in [3.05, 3.63) is 0 Å². The summed E-state index contributed by atoms with van der Waals surface area (Å²) in [6, 6.07) is 0. The Kier molecular flexibility index (Phi) is 17.8. The molecule has 0 saturated carbocycles. The summed E-state index contributed by atoms with van der Waals surface area (Å²) in [6.07, 6.45) is 0.886. The molecule has 0 aromatic heterocycles. The van der Waals surface area contributed by atoms with Gasteiger partial charge in [-0.3, -0.25) is 9.59 Å². The number of ether oxygens (including phenoxy) is 1. The molecule has 16 heavy (non-hydrogen) atoms. The number of rotatable bonds is 4. The van der Waals surface area contributed by atoms with Gasteiger partial charge in [-0.15, -0.1) is 0 Å². The fourth-order valence-corrected chi connectivity index (χ4v) is 0.698. The van der Waals surface area contributed by atoms with Gasteiger partial charge in [-0.1, -0.05) is 0 Å². The fourth-order valence-electron chi connectivity index (χ4n) is 0.698. The van der Waals surface area contributed by atoms with E-state index in [1.54, 1.807) is 0 Å². The van der Waals surface area contributed by atoms with Gasteiger partial charge >= 0.3 is 5.97 Å². The number of hydrogen-bond acceptors (Lipinski definition) is 4. The van der Waals surface area contributed by atoms with Crippen molar-refractivity contribution in [3.63, 3.8) is 0 Å². The molecular weight excluding hydrogens is 207 g/mol. The highest BCUT2D eigenvalue weighted by Crippen LogP contribution is 1.85. The normalized spacial score (nSPS) is 8.38. The average Bonchev–Trinajstić information content (AvgIpc) is 2.02. The summed E-state index contributed by atoms with van der Waals surface area (Å²) in [5.74, 6) is -0.201. The van der Waals surface area contributed by atoms with E-state index < -0.39 is 0 Å². The second kappa shape index (κ2) is 14.0. The topological polar surface area (TPSA) is 81.4 Å². The van der Waals surface area contributed by atoms with Crippen LogP contribution in [0.2, 0.25) is 0 Å². The summed E-state index contributed by atoms with van der Waals surface area (Å²) in [7, 11) is 0. The highest BCUT2D eigenvalue weighted by Gasteiger charge is 1.93. The van der Waals surface area contributed by atoms with Gasteiger partial charge < -0.3 is 15.8 Å². The van der Waals surface area contributed by atoms with Gasteiger partial charge in [0.05, 0.1) is 6.10 Å². The summed E-state index contributed by atoms with van der Waals surface area (Å²) in [5, 5.41) is 2.63. The smallest absolute Gasteiger partial charge is 0.302 e. The van der Waals surface area contributed by atoms with Crippen LogP contribution in [0.4, 0.5) is 0 Å². The molecule has 0 aliphatic rings. The molecule has 0 heterocycles. The first kappa shape index (κ1) is 20.4. The van der Waals surface area contributed by atoms with Gasteiger partial charge in [0.2, 0.25) is 5.91 Å². The summed E-state index contributed by atoms with van der Waals surface area (Å²) < 4.78 is 4.61. The Balaban J connectivity index is -0.000000200. The van der Waals surface area contributed by atoms with Crippen molar-refractivity contribution in [2.45, 2.75) is 40.2 Å². The number of esters is 1. The second-order valence-electron chi connectivity index (χ2n) is 3.28. The van der Waals surface area contributed by atoms with Crippen molar-refractivity contribution in [3.8, 4) is 0 Å².